The van der Waals surface area contributed by atoms with Crippen LogP contribution < -0.4 is 11.5 Å². The Balaban J connectivity index is 2.39. The molecule has 1 aromatic rings. The van der Waals surface area contributed by atoms with Gasteiger partial charge in [0.2, 0.25) is 0 Å². The molecule has 0 aliphatic heterocycles. The SMILES string of the molecule is Nc1c(Cl)cc(F)cc1[C@@H](N)C1CC1. The summed E-state index contributed by atoms with van der Waals surface area (Å²) in [7, 11) is 0. The summed E-state index contributed by atoms with van der Waals surface area (Å²) >= 11 is 5.77. The molecule has 1 aliphatic rings. The third kappa shape index (κ3) is 1.70. The van der Waals surface area contributed by atoms with Crippen LogP contribution in [-0.2, 0) is 0 Å². The van der Waals surface area contributed by atoms with Gasteiger partial charge in [0.25, 0.3) is 0 Å². The molecular weight excluding hydrogens is 203 g/mol. The first-order valence-electron chi connectivity index (χ1n) is 4.59. The molecule has 0 spiro atoms. The highest BCUT2D eigenvalue weighted by Gasteiger charge is 2.31. The number of anilines is 1. The Bertz CT molecular complexity index is 363. The maximum absolute atomic E-state index is 13.1. The van der Waals surface area contributed by atoms with Gasteiger partial charge in [-0.25, -0.2) is 4.39 Å². The third-order valence-electron chi connectivity index (χ3n) is 2.62. The summed E-state index contributed by atoms with van der Waals surface area (Å²) in [5.74, 6) is 0.0606. The second-order valence-corrected chi connectivity index (χ2v) is 4.16. The minimum absolute atomic E-state index is 0.178. The van der Waals surface area contributed by atoms with Crippen LogP contribution in [0.1, 0.15) is 24.4 Å². The number of rotatable bonds is 2. The van der Waals surface area contributed by atoms with E-state index in [1.807, 2.05) is 0 Å². The number of halogens is 2. The second-order valence-electron chi connectivity index (χ2n) is 3.75. The Morgan fingerprint density at radius 3 is 2.64 bits per heavy atom. The quantitative estimate of drug-likeness (QED) is 0.744. The van der Waals surface area contributed by atoms with Crippen LogP contribution in [0.25, 0.3) is 0 Å². The van der Waals surface area contributed by atoms with Gasteiger partial charge in [-0.2, -0.15) is 0 Å². The summed E-state index contributed by atoms with van der Waals surface area (Å²) in [6, 6.07) is 2.41. The molecule has 1 aromatic carbocycles. The molecule has 1 aliphatic carbocycles. The standard InChI is InChI=1S/C10H12ClFN2/c11-8-4-6(12)3-7(10(8)14)9(13)5-1-2-5/h3-5,9H,1-2,13-14H2/t9-/m0/s1. The van der Waals surface area contributed by atoms with Gasteiger partial charge in [0.15, 0.2) is 0 Å². The van der Waals surface area contributed by atoms with Crippen molar-refractivity contribution in [3.8, 4) is 0 Å². The summed E-state index contributed by atoms with van der Waals surface area (Å²) in [5.41, 5.74) is 12.7. The monoisotopic (exact) mass is 214 g/mol. The van der Waals surface area contributed by atoms with Crippen LogP contribution in [0.3, 0.4) is 0 Å². The smallest absolute Gasteiger partial charge is 0.125 e. The molecule has 2 nitrogen and oxygen atoms in total. The van der Waals surface area contributed by atoms with E-state index in [0.717, 1.165) is 12.8 Å². The molecule has 2 rings (SSSR count). The van der Waals surface area contributed by atoms with Crippen LogP contribution in [0.4, 0.5) is 10.1 Å². The number of hydrogen-bond donors (Lipinski definition) is 2. The second kappa shape index (κ2) is 3.41. The van der Waals surface area contributed by atoms with Crippen LogP contribution in [-0.4, -0.2) is 0 Å². The predicted molar refractivity (Wildman–Crippen MR) is 55.5 cm³/mol. The summed E-state index contributed by atoms with van der Waals surface area (Å²) in [4.78, 5) is 0. The summed E-state index contributed by atoms with van der Waals surface area (Å²) < 4.78 is 13.1. The van der Waals surface area contributed by atoms with Gasteiger partial charge in [-0.3, -0.25) is 0 Å². The van der Waals surface area contributed by atoms with Gasteiger partial charge in [0.05, 0.1) is 10.7 Å². The molecular formula is C10H12ClFN2. The first-order chi connectivity index (χ1) is 6.59. The van der Waals surface area contributed by atoms with E-state index in [2.05, 4.69) is 0 Å². The van der Waals surface area contributed by atoms with Gasteiger partial charge in [-0.1, -0.05) is 11.6 Å². The lowest BCUT2D eigenvalue weighted by Gasteiger charge is -2.14. The van der Waals surface area contributed by atoms with Crippen molar-refractivity contribution in [2.45, 2.75) is 18.9 Å². The molecule has 4 N–H and O–H groups in total. The van der Waals surface area contributed by atoms with Crippen LogP contribution >= 0.6 is 11.6 Å². The van der Waals surface area contributed by atoms with E-state index in [1.54, 1.807) is 0 Å². The zero-order valence-corrected chi connectivity index (χ0v) is 8.39. The molecule has 14 heavy (non-hydrogen) atoms. The number of nitrogens with two attached hydrogens (primary N) is 2. The van der Waals surface area contributed by atoms with Crippen molar-refractivity contribution in [2.24, 2.45) is 11.7 Å². The van der Waals surface area contributed by atoms with Gasteiger partial charge in [-0.15, -0.1) is 0 Å². The number of nitrogen functional groups attached to an aromatic ring is 1. The van der Waals surface area contributed by atoms with Gasteiger partial charge >= 0.3 is 0 Å². The first-order valence-corrected chi connectivity index (χ1v) is 4.97. The van der Waals surface area contributed by atoms with Crippen molar-refractivity contribution in [2.75, 3.05) is 5.73 Å². The topological polar surface area (TPSA) is 52.0 Å². The number of benzene rings is 1. The van der Waals surface area contributed by atoms with Crippen molar-refractivity contribution in [1.82, 2.24) is 0 Å². The van der Waals surface area contributed by atoms with Crippen molar-refractivity contribution in [3.63, 3.8) is 0 Å². The molecule has 0 heterocycles. The summed E-state index contributed by atoms with van der Waals surface area (Å²) in [6.07, 6.45) is 2.18. The molecule has 0 bridgehead atoms. The molecule has 0 amide bonds. The molecule has 0 aromatic heterocycles. The van der Waals surface area contributed by atoms with E-state index in [0.29, 0.717) is 17.2 Å². The highest BCUT2D eigenvalue weighted by atomic mass is 35.5. The van der Waals surface area contributed by atoms with Gasteiger partial charge < -0.3 is 11.5 Å². The Morgan fingerprint density at radius 2 is 2.07 bits per heavy atom. The lowest BCUT2D eigenvalue weighted by atomic mass is 10.0. The van der Waals surface area contributed by atoms with Gasteiger partial charge in [-0.05, 0) is 36.5 Å². The van der Waals surface area contributed by atoms with Crippen molar-refractivity contribution in [1.29, 1.82) is 0 Å². The summed E-state index contributed by atoms with van der Waals surface area (Å²) in [6.45, 7) is 0. The normalized spacial score (nSPS) is 18.2. The first kappa shape index (κ1) is 9.74. The fourth-order valence-electron chi connectivity index (χ4n) is 1.59. The highest BCUT2D eigenvalue weighted by molar-refractivity contribution is 6.33. The van der Waals surface area contributed by atoms with Crippen LogP contribution in [0.2, 0.25) is 5.02 Å². The molecule has 0 radical (unpaired) electrons. The molecule has 4 heteroatoms. The Morgan fingerprint density at radius 1 is 1.43 bits per heavy atom. The van der Waals surface area contributed by atoms with E-state index >= 15 is 0 Å². The lowest BCUT2D eigenvalue weighted by molar-refractivity contribution is 0.603. The highest BCUT2D eigenvalue weighted by Crippen LogP contribution is 2.42. The molecule has 0 unspecified atom stereocenters. The van der Waals surface area contributed by atoms with E-state index in [-0.39, 0.29) is 16.9 Å². The molecule has 1 atom stereocenters. The van der Waals surface area contributed by atoms with E-state index in [4.69, 9.17) is 23.1 Å². The van der Waals surface area contributed by atoms with Crippen LogP contribution in [0, 0.1) is 11.7 Å². The minimum Gasteiger partial charge on any atom is -0.397 e. The van der Waals surface area contributed by atoms with Crippen LogP contribution in [0.15, 0.2) is 12.1 Å². The zero-order chi connectivity index (χ0) is 10.3. The average molecular weight is 215 g/mol. The molecule has 0 saturated heterocycles. The van der Waals surface area contributed by atoms with Gasteiger partial charge in [0, 0.05) is 6.04 Å². The zero-order valence-electron chi connectivity index (χ0n) is 7.63. The van der Waals surface area contributed by atoms with Gasteiger partial charge in [0.1, 0.15) is 5.82 Å². The average Bonchev–Trinajstić information content (AvgIpc) is 2.93. The van der Waals surface area contributed by atoms with E-state index < -0.39 is 0 Å². The van der Waals surface area contributed by atoms with Crippen molar-refractivity contribution < 1.29 is 4.39 Å². The van der Waals surface area contributed by atoms with Crippen LogP contribution in [0.5, 0.6) is 0 Å². The molecule has 1 saturated carbocycles. The Kier molecular flexibility index (Phi) is 2.37. The summed E-state index contributed by atoms with van der Waals surface area (Å²) in [5, 5.41) is 0.246. The molecule has 1 fully saturated rings. The largest absolute Gasteiger partial charge is 0.397 e. The minimum atomic E-state index is -0.379. The lowest BCUT2D eigenvalue weighted by Crippen LogP contribution is -2.15. The fourth-order valence-corrected chi connectivity index (χ4v) is 1.80. The predicted octanol–water partition coefficient (Wildman–Crippen LogP) is 2.47. The van der Waals surface area contributed by atoms with E-state index in [9.17, 15) is 4.39 Å². The number of hydrogen-bond acceptors (Lipinski definition) is 2. The maximum atomic E-state index is 13.1. The fraction of sp³-hybridized carbons (Fsp3) is 0.400. The van der Waals surface area contributed by atoms with Crippen molar-refractivity contribution in [3.05, 3.63) is 28.5 Å². The Labute approximate surface area is 87.0 Å². The molecule has 76 valence electrons. The maximum Gasteiger partial charge on any atom is 0.125 e. The van der Waals surface area contributed by atoms with E-state index in [1.165, 1.54) is 12.1 Å². The third-order valence-corrected chi connectivity index (χ3v) is 2.93. The Hall–Kier alpha value is -0.800. The van der Waals surface area contributed by atoms with Crippen molar-refractivity contribution >= 4 is 17.3 Å².